The normalized spacial score (nSPS) is 12.9. The first kappa shape index (κ1) is 26.2. The first-order chi connectivity index (χ1) is 13.4. The summed E-state index contributed by atoms with van der Waals surface area (Å²) >= 11 is 0. The lowest BCUT2D eigenvalue weighted by Gasteiger charge is -2.38. The van der Waals surface area contributed by atoms with E-state index in [-0.39, 0.29) is 16.7 Å². The molecule has 8 heteroatoms. The van der Waals surface area contributed by atoms with Crippen molar-refractivity contribution >= 4 is 34.4 Å². The van der Waals surface area contributed by atoms with Gasteiger partial charge in [-0.25, -0.2) is 9.59 Å². The molecule has 0 saturated carbocycles. The van der Waals surface area contributed by atoms with Crippen LogP contribution in [0.15, 0.2) is 18.2 Å². The third kappa shape index (κ3) is 6.34. The van der Waals surface area contributed by atoms with Crippen LogP contribution in [-0.4, -0.2) is 35.3 Å². The molecule has 30 heavy (non-hydrogen) atoms. The molecule has 1 aromatic rings. The number of hydrogen-bond acceptors (Lipinski definition) is 5. The zero-order chi connectivity index (χ0) is 23.5. The molecule has 0 aliphatic rings. The minimum absolute atomic E-state index is 0.0926. The number of anilines is 1. The molecule has 0 radical (unpaired) electrons. The summed E-state index contributed by atoms with van der Waals surface area (Å²) in [6.07, 6.45) is -0.590. The van der Waals surface area contributed by atoms with Crippen molar-refractivity contribution in [3.05, 3.63) is 23.8 Å². The summed E-state index contributed by atoms with van der Waals surface area (Å²) in [6, 6.07) is 5.11. The summed E-state index contributed by atoms with van der Waals surface area (Å²) in [5.41, 5.74) is 0.724. The fourth-order valence-electron chi connectivity index (χ4n) is 2.03. The van der Waals surface area contributed by atoms with Crippen LogP contribution < -0.4 is 9.74 Å². The Balaban J connectivity index is 3.48. The van der Waals surface area contributed by atoms with Gasteiger partial charge in [0.2, 0.25) is 0 Å². The van der Waals surface area contributed by atoms with Crippen molar-refractivity contribution < 1.29 is 23.2 Å². The Morgan fingerprint density at radius 2 is 1.47 bits per heavy atom. The highest BCUT2D eigenvalue weighted by Crippen LogP contribution is 2.42. The lowest BCUT2D eigenvalue weighted by Crippen LogP contribution is -2.45. The maximum Gasteiger partial charge on any atom is 0.411 e. The zero-order valence-corrected chi connectivity index (χ0v) is 22.5. The second-order valence-corrected chi connectivity index (χ2v) is 20.0. The van der Waals surface area contributed by atoms with Crippen LogP contribution in [0.5, 0.6) is 5.75 Å². The highest BCUT2D eigenvalue weighted by molar-refractivity contribution is 6.76. The van der Waals surface area contributed by atoms with E-state index in [4.69, 9.17) is 13.6 Å². The van der Waals surface area contributed by atoms with Crippen LogP contribution in [0.2, 0.25) is 36.3 Å². The van der Waals surface area contributed by atoms with Gasteiger partial charge in [-0.2, -0.15) is 0 Å². The minimum Gasteiger partial charge on any atom is -0.542 e. The van der Waals surface area contributed by atoms with Gasteiger partial charge in [0.1, 0.15) is 11.3 Å². The molecule has 6 nitrogen and oxygen atoms in total. The van der Waals surface area contributed by atoms with Crippen LogP contribution in [0.1, 0.15) is 58.8 Å². The zero-order valence-electron chi connectivity index (χ0n) is 20.5. The van der Waals surface area contributed by atoms with Gasteiger partial charge in [-0.3, -0.25) is 5.32 Å². The molecule has 1 rings (SSSR count). The second-order valence-electron chi connectivity index (χ2n) is 10.5. The molecule has 1 aromatic carbocycles. The molecule has 0 atom stereocenters. The summed E-state index contributed by atoms with van der Waals surface area (Å²) < 4.78 is 17.6. The fraction of sp³-hybridized carbons (Fsp3) is 0.636. The van der Waals surface area contributed by atoms with Crippen LogP contribution in [0, 0.1) is 0 Å². The van der Waals surface area contributed by atoms with E-state index in [1.165, 1.54) is 0 Å². The molecule has 0 bridgehead atoms. The maximum absolute atomic E-state index is 13.2. The van der Waals surface area contributed by atoms with Gasteiger partial charge in [0.25, 0.3) is 16.6 Å². The molecular weight excluding hydrogens is 414 g/mol. The predicted molar refractivity (Wildman–Crippen MR) is 128 cm³/mol. The number of hydrogen-bond donors (Lipinski definition) is 1. The SMILES string of the molecule is CCOC(=O)Nc1cccc(C(=O)O[Si](C)(C)C(C)(C)C)c1O[Si](C)(C)C(C)(C)C. The number of carbonyl (C=O) groups is 2. The first-order valence-electron chi connectivity index (χ1n) is 10.4. The fourth-order valence-corrected chi connectivity index (χ4v) is 3.95. The van der Waals surface area contributed by atoms with Crippen molar-refractivity contribution in [2.75, 3.05) is 11.9 Å². The number of rotatable bonds is 6. The third-order valence-corrected chi connectivity index (χ3v) is 14.7. The molecule has 170 valence electrons. The highest BCUT2D eigenvalue weighted by Gasteiger charge is 2.43. The topological polar surface area (TPSA) is 73.9 Å². The molecule has 0 heterocycles. The molecular formula is C22H39NO5Si2. The average Bonchev–Trinajstić information content (AvgIpc) is 2.53. The minimum atomic E-state index is -2.34. The van der Waals surface area contributed by atoms with E-state index in [0.717, 1.165) is 0 Å². The van der Waals surface area contributed by atoms with Gasteiger partial charge in [0, 0.05) is 0 Å². The van der Waals surface area contributed by atoms with Crippen LogP contribution >= 0.6 is 0 Å². The summed E-state index contributed by atoms with van der Waals surface area (Å²) in [6.45, 7) is 22.8. The van der Waals surface area contributed by atoms with Crippen LogP contribution in [0.25, 0.3) is 0 Å². The van der Waals surface area contributed by atoms with Gasteiger partial charge >= 0.3 is 12.1 Å². The number of carbonyl (C=O) groups excluding carboxylic acids is 2. The summed E-state index contributed by atoms with van der Waals surface area (Å²) in [5.74, 6) is -0.0799. The molecule has 1 amide bonds. The number of ether oxygens (including phenoxy) is 1. The standard InChI is InChI=1S/C22H39NO5Si2/c1-12-26-20(25)23-17-15-13-14-16(18(17)27-29(8,9)21(2,3)4)19(24)28-30(10,11)22(5,6)7/h13-15H,12H2,1-11H3,(H,23,25). The third-order valence-electron chi connectivity index (χ3n) is 6.06. The van der Waals surface area contributed by atoms with E-state index < -0.39 is 28.7 Å². The van der Waals surface area contributed by atoms with Gasteiger partial charge in [-0.1, -0.05) is 47.6 Å². The lowest BCUT2D eigenvalue weighted by molar-refractivity contribution is 0.0710. The molecule has 0 spiro atoms. The van der Waals surface area contributed by atoms with Crippen LogP contribution in [0.4, 0.5) is 10.5 Å². The van der Waals surface area contributed by atoms with E-state index in [9.17, 15) is 9.59 Å². The van der Waals surface area contributed by atoms with Gasteiger partial charge in [-0.15, -0.1) is 0 Å². The van der Waals surface area contributed by atoms with Gasteiger partial charge in [0.15, 0.2) is 0 Å². The predicted octanol–water partition coefficient (Wildman–Crippen LogP) is 6.80. The summed E-state index contributed by atoms with van der Waals surface area (Å²) in [5, 5.41) is 2.50. The number of nitrogens with one attached hydrogen (secondary N) is 1. The Hall–Kier alpha value is -1.81. The van der Waals surface area contributed by atoms with Crippen molar-refractivity contribution in [3.8, 4) is 5.75 Å². The first-order valence-corrected chi connectivity index (χ1v) is 16.2. The molecule has 0 unspecified atom stereocenters. The Labute approximate surface area is 183 Å². The largest absolute Gasteiger partial charge is 0.542 e. The molecule has 0 saturated heterocycles. The van der Waals surface area contributed by atoms with Crippen LogP contribution in [-0.2, 0) is 9.16 Å². The van der Waals surface area contributed by atoms with Gasteiger partial charge < -0.3 is 13.6 Å². The number of para-hydroxylation sites is 1. The monoisotopic (exact) mass is 453 g/mol. The quantitative estimate of drug-likeness (QED) is 0.479. The van der Waals surface area contributed by atoms with Gasteiger partial charge in [-0.05, 0) is 55.3 Å². The Morgan fingerprint density at radius 1 is 0.933 bits per heavy atom. The van der Waals surface area contributed by atoms with E-state index in [0.29, 0.717) is 17.0 Å². The Morgan fingerprint density at radius 3 is 1.93 bits per heavy atom. The average molecular weight is 454 g/mol. The number of benzene rings is 1. The van der Waals surface area contributed by atoms with Crippen molar-refractivity contribution in [3.63, 3.8) is 0 Å². The van der Waals surface area contributed by atoms with E-state index in [1.807, 2.05) is 13.1 Å². The molecule has 0 fully saturated rings. The lowest BCUT2D eigenvalue weighted by atomic mass is 10.2. The Bertz CT molecular complexity index is 777. The van der Waals surface area contributed by atoms with E-state index in [1.54, 1.807) is 25.1 Å². The van der Waals surface area contributed by atoms with E-state index >= 15 is 0 Å². The molecule has 0 aromatic heterocycles. The summed E-state index contributed by atoms with van der Waals surface area (Å²) in [4.78, 5) is 25.3. The smallest absolute Gasteiger partial charge is 0.411 e. The second kappa shape index (κ2) is 9.13. The van der Waals surface area contributed by atoms with Crippen molar-refractivity contribution in [2.45, 2.75) is 84.7 Å². The van der Waals surface area contributed by atoms with Crippen molar-refractivity contribution in [1.29, 1.82) is 0 Å². The molecule has 1 N–H and O–H groups in total. The van der Waals surface area contributed by atoms with Gasteiger partial charge in [0.05, 0.1) is 12.3 Å². The van der Waals surface area contributed by atoms with E-state index in [2.05, 4.69) is 60.0 Å². The Kier molecular flexibility index (Phi) is 7.99. The highest BCUT2D eigenvalue weighted by atomic mass is 28.4. The molecule has 0 aliphatic heterocycles. The van der Waals surface area contributed by atoms with Crippen molar-refractivity contribution in [1.82, 2.24) is 0 Å². The van der Waals surface area contributed by atoms with Crippen molar-refractivity contribution in [2.24, 2.45) is 0 Å². The summed E-state index contributed by atoms with van der Waals surface area (Å²) in [7, 11) is -4.64. The molecule has 0 aliphatic carbocycles. The van der Waals surface area contributed by atoms with Crippen LogP contribution in [0.3, 0.4) is 0 Å². The maximum atomic E-state index is 13.2. The number of amides is 1.